The molecule has 32 heavy (non-hydrogen) atoms. The first-order valence-electron chi connectivity index (χ1n) is 11.1. The van der Waals surface area contributed by atoms with E-state index in [0.717, 1.165) is 31.0 Å². The third-order valence-electron chi connectivity index (χ3n) is 6.44. The number of piperidine rings is 1. The molecule has 0 bridgehead atoms. The first-order valence-corrected chi connectivity index (χ1v) is 12.7. The summed E-state index contributed by atoms with van der Waals surface area (Å²) in [4.78, 5) is 6.51. The smallest absolute Gasteiger partial charge is 0.372 e. The highest BCUT2D eigenvalue weighted by atomic mass is 32.2. The van der Waals surface area contributed by atoms with Gasteiger partial charge < -0.3 is 10.2 Å². The Morgan fingerprint density at radius 2 is 1.56 bits per heavy atom. The van der Waals surface area contributed by atoms with Gasteiger partial charge >= 0.3 is 6.18 Å². The minimum atomic E-state index is -4.41. The zero-order valence-corrected chi connectivity index (χ0v) is 18.6. The summed E-state index contributed by atoms with van der Waals surface area (Å²) in [5, 5.41) is 2.69. The number of hydrogen-bond acceptors (Lipinski definition) is 5. The predicted molar refractivity (Wildman–Crippen MR) is 119 cm³/mol. The molecule has 174 valence electrons. The van der Waals surface area contributed by atoms with E-state index in [2.05, 4.69) is 15.2 Å². The van der Waals surface area contributed by atoms with Crippen LogP contribution in [-0.2, 0) is 16.0 Å². The molecule has 1 aromatic heterocycles. The average Bonchev–Trinajstić information content (AvgIpc) is 2.80. The van der Waals surface area contributed by atoms with E-state index >= 15 is 0 Å². The molecule has 1 aromatic carbocycles. The van der Waals surface area contributed by atoms with E-state index in [1.54, 1.807) is 12.1 Å². The second kappa shape index (κ2) is 9.29. The molecule has 1 saturated heterocycles. The molecule has 9 heteroatoms. The number of nitrogens with one attached hydrogen (secondary N) is 1. The van der Waals surface area contributed by atoms with Gasteiger partial charge in [0.1, 0.15) is 5.82 Å². The average molecular weight is 468 g/mol. The van der Waals surface area contributed by atoms with E-state index in [1.807, 2.05) is 12.1 Å². The molecule has 2 heterocycles. The maximum atomic E-state index is 13.1. The SMILES string of the molecule is O=S(=O)(c1ccc(N2CCCCC2)cc1)C1CCC(Nc2ccc(C(F)(F)F)cn2)CC1. The van der Waals surface area contributed by atoms with Crippen molar-refractivity contribution < 1.29 is 21.6 Å². The van der Waals surface area contributed by atoms with Gasteiger partial charge in [0.05, 0.1) is 15.7 Å². The third kappa shape index (κ3) is 5.19. The molecule has 2 aliphatic rings. The van der Waals surface area contributed by atoms with Crippen LogP contribution in [0, 0.1) is 0 Å². The number of halogens is 3. The Morgan fingerprint density at radius 3 is 2.12 bits per heavy atom. The van der Waals surface area contributed by atoms with Crippen molar-refractivity contribution in [2.24, 2.45) is 0 Å². The van der Waals surface area contributed by atoms with Gasteiger partial charge in [-0.1, -0.05) is 0 Å². The van der Waals surface area contributed by atoms with Gasteiger partial charge in [-0.05, 0) is 81.3 Å². The number of sulfone groups is 1. The van der Waals surface area contributed by atoms with Gasteiger partial charge in [-0.25, -0.2) is 13.4 Å². The summed E-state index contributed by atoms with van der Waals surface area (Å²) in [7, 11) is -3.41. The van der Waals surface area contributed by atoms with Crippen LogP contribution in [0.2, 0.25) is 0 Å². The molecular formula is C23H28F3N3O2S. The van der Waals surface area contributed by atoms with Crippen LogP contribution < -0.4 is 10.2 Å². The summed E-state index contributed by atoms with van der Waals surface area (Å²) >= 11 is 0. The fraction of sp³-hybridized carbons (Fsp3) is 0.522. The van der Waals surface area contributed by atoms with Crippen molar-refractivity contribution in [2.75, 3.05) is 23.3 Å². The number of benzene rings is 1. The molecule has 0 radical (unpaired) electrons. The number of anilines is 2. The molecule has 1 aliphatic heterocycles. The van der Waals surface area contributed by atoms with Gasteiger partial charge in [-0.3, -0.25) is 0 Å². The lowest BCUT2D eigenvalue weighted by atomic mass is 9.95. The third-order valence-corrected chi connectivity index (χ3v) is 8.72. The fourth-order valence-corrected chi connectivity index (χ4v) is 6.36. The van der Waals surface area contributed by atoms with Gasteiger partial charge in [-0.15, -0.1) is 0 Å². The second-order valence-electron chi connectivity index (χ2n) is 8.63. The molecular weight excluding hydrogens is 439 g/mol. The van der Waals surface area contributed by atoms with Crippen LogP contribution >= 0.6 is 0 Å². The zero-order valence-electron chi connectivity index (χ0n) is 17.8. The number of pyridine rings is 1. The number of hydrogen-bond donors (Lipinski definition) is 1. The molecule has 1 aliphatic carbocycles. The standard InChI is InChI=1S/C23H28F3N3O2S/c24-23(25,26)17-4-13-22(27-16-17)28-18-5-9-20(10-6-18)32(30,31)21-11-7-19(8-12-21)29-14-2-1-3-15-29/h4,7-8,11-13,16,18,20H,1-3,5-6,9-10,14-15H2,(H,27,28). The molecule has 1 N–H and O–H groups in total. The quantitative estimate of drug-likeness (QED) is 0.648. The van der Waals surface area contributed by atoms with E-state index in [1.165, 1.54) is 25.3 Å². The Labute approximate surface area is 187 Å². The Hall–Kier alpha value is -2.29. The molecule has 2 fully saturated rings. The Bertz CT molecular complexity index is 994. The van der Waals surface area contributed by atoms with E-state index in [-0.39, 0.29) is 6.04 Å². The van der Waals surface area contributed by atoms with Crippen molar-refractivity contribution in [1.29, 1.82) is 0 Å². The zero-order chi connectivity index (χ0) is 22.8. The molecule has 0 atom stereocenters. The summed E-state index contributed by atoms with van der Waals surface area (Å²) in [5.74, 6) is 0.373. The number of nitrogens with zero attached hydrogens (tertiary/aromatic N) is 2. The maximum absolute atomic E-state index is 13.1. The van der Waals surface area contributed by atoms with Crippen LogP contribution in [-0.4, -0.2) is 37.8 Å². The molecule has 0 spiro atoms. The highest BCUT2D eigenvalue weighted by Crippen LogP contribution is 2.32. The van der Waals surface area contributed by atoms with E-state index in [4.69, 9.17) is 0 Å². The normalized spacial score (nSPS) is 22.5. The van der Waals surface area contributed by atoms with E-state index < -0.39 is 26.8 Å². The molecule has 0 amide bonds. The lowest BCUT2D eigenvalue weighted by Gasteiger charge is -2.30. The summed E-state index contributed by atoms with van der Waals surface area (Å²) in [5.41, 5.74) is 0.282. The lowest BCUT2D eigenvalue weighted by Crippen LogP contribution is -2.33. The van der Waals surface area contributed by atoms with Crippen molar-refractivity contribution in [2.45, 2.75) is 67.3 Å². The Balaban J connectivity index is 1.34. The number of alkyl halides is 3. The van der Waals surface area contributed by atoms with Crippen LogP contribution in [0.5, 0.6) is 0 Å². The summed E-state index contributed by atoms with van der Waals surface area (Å²) < 4.78 is 64.2. The lowest BCUT2D eigenvalue weighted by molar-refractivity contribution is -0.137. The monoisotopic (exact) mass is 467 g/mol. The largest absolute Gasteiger partial charge is 0.417 e. The predicted octanol–water partition coefficient (Wildman–Crippen LogP) is 5.29. The second-order valence-corrected chi connectivity index (χ2v) is 10.9. The Morgan fingerprint density at radius 1 is 0.906 bits per heavy atom. The van der Waals surface area contributed by atoms with Gasteiger partial charge in [0.25, 0.3) is 0 Å². The topological polar surface area (TPSA) is 62.3 Å². The highest BCUT2D eigenvalue weighted by molar-refractivity contribution is 7.92. The molecule has 4 rings (SSSR count). The van der Waals surface area contributed by atoms with Crippen molar-refractivity contribution in [3.63, 3.8) is 0 Å². The fourth-order valence-electron chi connectivity index (χ4n) is 4.56. The minimum Gasteiger partial charge on any atom is -0.372 e. The van der Waals surface area contributed by atoms with Gasteiger partial charge in [0, 0.05) is 31.0 Å². The summed E-state index contributed by atoms with van der Waals surface area (Å²) in [6, 6.07) is 9.55. The molecule has 1 saturated carbocycles. The van der Waals surface area contributed by atoms with Gasteiger partial charge in [0.15, 0.2) is 9.84 Å². The molecule has 5 nitrogen and oxygen atoms in total. The van der Waals surface area contributed by atoms with Crippen LogP contribution in [0.25, 0.3) is 0 Å². The van der Waals surface area contributed by atoms with Gasteiger partial charge in [-0.2, -0.15) is 13.2 Å². The van der Waals surface area contributed by atoms with E-state index in [0.29, 0.717) is 36.4 Å². The van der Waals surface area contributed by atoms with Crippen LogP contribution in [0.1, 0.15) is 50.5 Å². The molecule has 0 unspecified atom stereocenters. The maximum Gasteiger partial charge on any atom is 0.417 e. The highest BCUT2D eigenvalue weighted by Gasteiger charge is 2.33. The van der Waals surface area contributed by atoms with Crippen LogP contribution in [0.15, 0.2) is 47.5 Å². The van der Waals surface area contributed by atoms with E-state index in [9.17, 15) is 21.6 Å². The van der Waals surface area contributed by atoms with Crippen molar-refractivity contribution in [3.8, 4) is 0 Å². The number of rotatable bonds is 5. The van der Waals surface area contributed by atoms with Crippen molar-refractivity contribution in [3.05, 3.63) is 48.2 Å². The van der Waals surface area contributed by atoms with Crippen LogP contribution in [0.3, 0.4) is 0 Å². The van der Waals surface area contributed by atoms with Crippen molar-refractivity contribution >= 4 is 21.3 Å². The summed E-state index contributed by atoms with van der Waals surface area (Å²) in [6.07, 6.45) is 2.24. The molecule has 2 aromatic rings. The van der Waals surface area contributed by atoms with Gasteiger partial charge in [0.2, 0.25) is 0 Å². The summed E-state index contributed by atoms with van der Waals surface area (Å²) in [6.45, 7) is 2.02. The van der Waals surface area contributed by atoms with Crippen molar-refractivity contribution in [1.82, 2.24) is 4.98 Å². The van der Waals surface area contributed by atoms with Crippen LogP contribution in [0.4, 0.5) is 24.7 Å². The minimum absolute atomic E-state index is 0.00726. The first kappa shape index (κ1) is 22.9. The number of aromatic nitrogens is 1. The Kier molecular flexibility index (Phi) is 6.65. The first-order chi connectivity index (χ1) is 15.2.